The second-order valence-corrected chi connectivity index (χ2v) is 16.3. The zero-order valence-electron chi connectivity index (χ0n) is 19.6. The lowest BCUT2D eigenvalue weighted by molar-refractivity contribution is -0.134. The van der Waals surface area contributed by atoms with E-state index < -0.39 is 8.32 Å². The van der Waals surface area contributed by atoms with Crippen LogP contribution in [0, 0.1) is 5.92 Å². The quantitative estimate of drug-likeness (QED) is 0.420. The number of benzene rings is 2. The smallest absolute Gasteiger partial charge is 0.226 e. The van der Waals surface area contributed by atoms with Gasteiger partial charge in [-0.25, -0.2) is 0 Å². The summed E-state index contributed by atoms with van der Waals surface area (Å²) in [7, 11) is -1.99. The molecule has 1 aliphatic carbocycles. The van der Waals surface area contributed by atoms with Crippen LogP contribution in [0.3, 0.4) is 0 Å². The van der Waals surface area contributed by atoms with Gasteiger partial charge in [0.2, 0.25) is 5.91 Å². The summed E-state index contributed by atoms with van der Waals surface area (Å²) in [4.78, 5) is 15.7. The van der Waals surface area contributed by atoms with Crippen LogP contribution in [0.15, 0.2) is 42.5 Å². The number of nitrogens with zero attached hydrogens (tertiary/aromatic N) is 1. The minimum atomic E-state index is -1.99. The van der Waals surface area contributed by atoms with E-state index in [-0.39, 0.29) is 29.0 Å². The van der Waals surface area contributed by atoms with Crippen LogP contribution in [0.4, 0.5) is 0 Å². The van der Waals surface area contributed by atoms with Gasteiger partial charge in [0.25, 0.3) is 0 Å². The maximum atomic E-state index is 13.6. The summed E-state index contributed by atoms with van der Waals surface area (Å²) in [5, 5.41) is 1.38. The molecule has 0 bridgehead atoms. The van der Waals surface area contributed by atoms with E-state index in [4.69, 9.17) is 27.6 Å². The largest absolute Gasteiger partial charge is 0.411 e. The van der Waals surface area contributed by atoms with Gasteiger partial charge in [0.05, 0.1) is 12.1 Å². The van der Waals surface area contributed by atoms with Crippen molar-refractivity contribution in [1.82, 2.24) is 4.90 Å². The standard InChI is InChI=1S/C26H33Cl2NO2Si/c1-26(2,3)32(4,5)31-23-16-17-9-6-7-10-19(17)24(23)29-14-13-18(25(29)30)15-20-21(27)11-8-12-22(20)28/h6-12,18,23-24H,13-16H2,1-5H3/t18?,23-,24+/m1/s1. The number of likely N-dealkylation sites (tertiary alicyclic amines) is 1. The molecule has 1 amide bonds. The molecule has 2 aromatic rings. The Hall–Kier alpha value is -1.33. The number of hydrogen-bond donors (Lipinski definition) is 0. The summed E-state index contributed by atoms with van der Waals surface area (Å²) in [6.07, 6.45) is 2.25. The molecule has 0 aromatic heterocycles. The van der Waals surface area contributed by atoms with Crippen molar-refractivity contribution in [1.29, 1.82) is 0 Å². The molecule has 0 spiro atoms. The highest BCUT2D eigenvalue weighted by atomic mass is 35.5. The molecule has 0 saturated carbocycles. The van der Waals surface area contributed by atoms with Crippen molar-refractivity contribution in [3.05, 3.63) is 69.2 Å². The van der Waals surface area contributed by atoms with Crippen LogP contribution < -0.4 is 0 Å². The minimum Gasteiger partial charge on any atom is -0.411 e. The number of amides is 1. The first-order chi connectivity index (χ1) is 15.0. The fraction of sp³-hybridized carbons (Fsp3) is 0.500. The lowest BCUT2D eigenvalue weighted by Gasteiger charge is -2.41. The van der Waals surface area contributed by atoms with E-state index in [1.165, 1.54) is 11.1 Å². The summed E-state index contributed by atoms with van der Waals surface area (Å²) >= 11 is 12.8. The van der Waals surface area contributed by atoms with E-state index in [1.54, 1.807) is 0 Å². The van der Waals surface area contributed by atoms with Crippen LogP contribution >= 0.6 is 23.2 Å². The van der Waals surface area contributed by atoms with Crippen molar-refractivity contribution in [3.8, 4) is 0 Å². The third-order valence-corrected chi connectivity index (χ3v) is 12.8. The van der Waals surface area contributed by atoms with Gasteiger partial charge < -0.3 is 9.33 Å². The predicted octanol–water partition coefficient (Wildman–Crippen LogP) is 7.07. The summed E-state index contributed by atoms with van der Waals surface area (Å²) in [5.74, 6) is 0.0835. The molecule has 1 saturated heterocycles. The Kier molecular flexibility index (Phi) is 6.54. The average Bonchev–Trinajstić information content (AvgIpc) is 3.23. The van der Waals surface area contributed by atoms with E-state index in [0.29, 0.717) is 16.5 Å². The van der Waals surface area contributed by atoms with E-state index in [2.05, 4.69) is 63.0 Å². The molecular weight excluding hydrogens is 457 g/mol. The molecule has 6 heteroatoms. The van der Waals surface area contributed by atoms with E-state index in [0.717, 1.165) is 24.9 Å². The lowest BCUT2D eigenvalue weighted by atomic mass is 9.97. The van der Waals surface area contributed by atoms with Gasteiger partial charge in [0.1, 0.15) is 0 Å². The van der Waals surface area contributed by atoms with Gasteiger partial charge in [-0.05, 0) is 59.8 Å². The number of rotatable bonds is 5. The fourth-order valence-electron chi connectivity index (χ4n) is 4.77. The summed E-state index contributed by atoms with van der Waals surface area (Å²) in [5.41, 5.74) is 3.41. The Balaban J connectivity index is 1.60. The Morgan fingerprint density at radius 3 is 2.38 bits per heavy atom. The van der Waals surface area contributed by atoms with Crippen molar-refractivity contribution >= 4 is 37.4 Å². The molecule has 32 heavy (non-hydrogen) atoms. The Morgan fingerprint density at radius 1 is 1.06 bits per heavy atom. The highest BCUT2D eigenvalue weighted by molar-refractivity contribution is 6.74. The Bertz CT molecular complexity index is 997. The van der Waals surface area contributed by atoms with Gasteiger partial charge in [0.15, 0.2) is 8.32 Å². The average molecular weight is 491 g/mol. The zero-order chi connectivity index (χ0) is 23.3. The first-order valence-corrected chi connectivity index (χ1v) is 15.1. The highest BCUT2D eigenvalue weighted by Gasteiger charge is 2.48. The second kappa shape index (κ2) is 8.79. The predicted molar refractivity (Wildman–Crippen MR) is 135 cm³/mol. The first-order valence-electron chi connectivity index (χ1n) is 11.5. The number of hydrogen-bond acceptors (Lipinski definition) is 2. The van der Waals surface area contributed by atoms with E-state index in [1.807, 2.05) is 18.2 Å². The van der Waals surface area contributed by atoms with E-state index in [9.17, 15) is 4.79 Å². The van der Waals surface area contributed by atoms with Gasteiger partial charge in [-0.1, -0.05) is 74.3 Å². The first kappa shape index (κ1) is 23.8. The van der Waals surface area contributed by atoms with Gasteiger partial charge >= 0.3 is 0 Å². The zero-order valence-corrected chi connectivity index (χ0v) is 22.1. The summed E-state index contributed by atoms with van der Waals surface area (Å²) in [6.45, 7) is 12.1. The third-order valence-electron chi connectivity index (χ3n) is 7.60. The molecule has 1 heterocycles. The fourth-order valence-corrected chi connectivity index (χ4v) is 6.64. The van der Waals surface area contributed by atoms with E-state index >= 15 is 0 Å². The van der Waals surface area contributed by atoms with Crippen molar-refractivity contribution in [3.63, 3.8) is 0 Å². The number of carbonyl (C=O) groups excluding carboxylic acids is 1. The van der Waals surface area contributed by atoms with Gasteiger partial charge in [-0.3, -0.25) is 4.79 Å². The van der Waals surface area contributed by atoms with Crippen LogP contribution in [0.2, 0.25) is 28.2 Å². The summed E-state index contributed by atoms with van der Waals surface area (Å²) < 4.78 is 6.91. The Morgan fingerprint density at radius 2 is 1.72 bits per heavy atom. The van der Waals surface area contributed by atoms with Gasteiger partial charge in [-0.2, -0.15) is 0 Å². The van der Waals surface area contributed by atoms with Crippen LogP contribution in [-0.2, 0) is 22.1 Å². The molecule has 1 fully saturated rings. The maximum absolute atomic E-state index is 13.6. The topological polar surface area (TPSA) is 29.5 Å². The van der Waals surface area contributed by atoms with Gasteiger partial charge in [0, 0.05) is 28.9 Å². The molecule has 0 radical (unpaired) electrons. The normalized spacial score (nSPS) is 23.7. The highest BCUT2D eigenvalue weighted by Crippen LogP contribution is 2.45. The lowest BCUT2D eigenvalue weighted by Crippen LogP contribution is -2.47. The van der Waals surface area contributed by atoms with Crippen LogP contribution in [0.1, 0.15) is 49.9 Å². The minimum absolute atomic E-state index is 0.0000992. The summed E-state index contributed by atoms with van der Waals surface area (Å²) in [6, 6.07) is 14.0. The maximum Gasteiger partial charge on any atom is 0.226 e. The molecular formula is C26H33Cl2NO2Si. The van der Waals surface area contributed by atoms with Crippen molar-refractivity contribution in [2.24, 2.45) is 5.92 Å². The third kappa shape index (κ3) is 4.39. The number of fused-ring (bicyclic) bond motifs is 1. The van der Waals surface area contributed by atoms with Crippen molar-refractivity contribution in [2.75, 3.05) is 6.54 Å². The SMILES string of the molecule is CC(C)(C)[Si](C)(C)O[C@@H]1Cc2ccccc2[C@@H]1N1CCC(Cc2c(Cl)cccc2Cl)C1=O. The molecule has 4 rings (SSSR count). The van der Waals surface area contributed by atoms with Crippen LogP contribution in [0.25, 0.3) is 0 Å². The molecule has 3 nitrogen and oxygen atoms in total. The van der Waals surface area contributed by atoms with Gasteiger partial charge in [-0.15, -0.1) is 0 Å². The Labute approximate surface area is 203 Å². The number of halogens is 2. The van der Waals surface area contributed by atoms with Crippen LogP contribution in [-0.4, -0.2) is 31.8 Å². The molecule has 2 aromatic carbocycles. The van der Waals surface area contributed by atoms with Crippen molar-refractivity contribution < 1.29 is 9.22 Å². The molecule has 0 N–H and O–H groups in total. The molecule has 1 unspecified atom stereocenters. The number of carbonyl (C=O) groups is 1. The van der Waals surface area contributed by atoms with Crippen LogP contribution in [0.5, 0.6) is 0 Å². The molecule has 1 aliphatic heterocycles. The second-order valence-electron chi connectivity index (χ2n) is 10.7. The van der Waals surface area contributed by atoms with Crippen molar-refractivity contribution in [2.45, 2.75) is 70.3 Å². The molecule has 2 aliphatic rings. The monoisotopic (exact) mass is 489 g/mol. The molecule has 3 atom stereocenters. The molecule has 172 valence electrons.